The van der Waals surface area contributed by atoms with Gasteiger partial charge in [0.2, 0.25) is 5.91 Å². The quantitative estimate of drug-likeness (QED) is 0.494. The van der Waals surface area contributed by atoms with Crippen LogP contribution in [0.1, 0.15) is 11.3 Å². The molecule has 32 heavy (non-hydrogen) atoms. The van der Waals surface area contributed by atoms with Crippen LogP contribution in [0.25, 0.3) is 0 Å². The summed E-state index contributed by atoms with van der Waals surface area (Å²) in [4.78, 5) is 27.5. The molecule has 4 rings (SSSR count). The molecule has 0 spiro atoms. The summed E-state index contributed by atoms with van der Waals surface area (Å²) in [6.45, 7) is 0.942. The minimum atomic E-state index is -0.121. The van der Waals surface area contributed by atoms with Crippen LogP contribution in [-0.4, -0.2) is 38.7 Å². The number of fused-ring (bicyclic) bond motifs is 1. The standard InChI is InChI=1S/C24H24N2O5S/c1-29-18-6-8-19(9-7-18)30-12-3-11-26-21-14-17(5-10-22(21)31-16-24(26)28)25-23(27)15-20-4-2-13-32-20/h2,4-10,13-14H,3,11-12,15-16H2,1H3,(H,25,27). The maximum Gasteiger partial charge on any atom is 0.265 e. The van der Waals surface area contributed by atoms with E-state index in [0.717, 1.165) is 16.4 Å². The van der Waals surface area contributed by atoms with Crippen LogP contribution in [0.4, 0.5) is 11.4 Å². The predicted molar refractivity (Wildman–Crippen MR) is 124 cm³/mol. The van der Waals surface area contributed by atoms with Crippen molar-refractivity contribution in [3.05, 3.63) is 64.9 Å². The van der Waals surface area contributed by atoms with Gasteiger partial charge in [-0.2, -0.15) is 0 Å². The molecule has 3 aromatic rings. The summed E-state index contributed by atoms with van der Waals surface area (Å²) >= 11 is 1.54. The first-order chi connectivity index (χ1) is 15.6. The van der Waals surface area contributed by atoms with Gasteiger partial charge >= 0.3 is 0 Å². The van der Waals surface area contributed by atoms with E-state index in [1.54, 1.807) is 41.5 Å². The third-order valence-corrected chi connectivity index (χ3v) is 5.83. The fourth-order valence-electron chi connectivity index (χ4n) is 3.39. The highest BCUT2D eigenvalue weighted by Crippen LogP contribution is 2.34. The Bertz CT molecular complexity index is 1070. The molecule has 1 aliphatic heterocycles. The summed E-state index contributed by atoms with van der Waals surface area (Å²) in [6.07, 6.45) is 0.961. The molecule has 0 saturated heterocycles. The molecule has 1 N–H and O–H groups in total. The largest absolute Gasteiger partial charge is 0.497 e. The average Bonchev–Trinajstić information content (AvgIpc) is 3.31. The van der Waals surface area contributed by atoms with Crippen LogP contribution in [0, 0.1) is 0 Å². The maximum atomic E-state index is 12.5. The first-order valence-corrected chi connectivity index (χ1v) is 11.2. The summed E-state index contributed by atoms with van der Waals surface area (Å²) in [6, 6.07) is 16.6. The molecule has 0 fully saturated rings. The number of benzene rings is 2. The minimum Gasteiger partial charge on any atom is -0.497 e. The molecule has 0 atom stereocenters. The van der Waals surface area contributed by atoms with Crippen molar-refractivity contribution in [3.63, 3.8) is 0 Å². The molecule has 0 radical (unpaired) electrons. The average molecular weight is 453 g/mol. The van der Waals surface area contributed by atoms with Gasteiger partial charge < -0.3 is 24.4 Å². The normalized spacial score (nSPS) is 12.7. The highest BCUT2D eigenvalue weighted by atomic mass is 32.1. The van der Waals surface area contributed by atoms with Gasteiger partial charge in [-0.05, 0) is 60.3 Å². The third-order valence-electron chi connectivity index (χ3n) is 4.95. The number of hydrogen-bond acceptors (Lipinski definition) is 6. The molecular weight excluding hydrogens is 428 g/mol. The molecule has 0 aliphatic carbocycles. The van der Waals surface area contributed by atoms with E-state index in [1.807, 2.05) is 41.8 Å². The zero-order chi connectivity index (χ0) is 22.3. The lowest BCUT2D eigenvalue weighted by molar-refractivity contribution is -0.121. The van der Waals surface area contributed by atoms with Crippen molar-refractivity contribution in [2.45, 2.75) is 12.8 Å². The van der Waals surface area contributed by atoms with Gasteiger partial charge in [-0.25, -0.2) is 0 Å². The first kappa shape index (κ1) is 21.7. The molecular formula is C24H24N2O5S. The van der Waals surface area contributed by atoms with Crippen molar-refractivity contribution in [2.24, 2.45) is 0 Å². The fraction of sp³-hybridized carbons (Fsp3) is 0.250. The summed E-state index contributed by atoms with van der Waals surface area (Å²) in [5.41, 5.74) is 1.28. The number of rotatable bonds is 9. The highest BCUT2D eigenvalue weighted by Gasteiger charge is 2.25. The molecule has 1 aromatic heterocycles. The molecule has 7 nitrogen and oxygen atoms in total. The second-order valence-corrected chi connectivity index (χ2v) is 8.23. The second-order valence-electron chi connectivity index (χ2n) is 7.20. The van der Waals surface area contributed by atoms with E-state index in [9.17, 15) is 9.59 Å². The van der Waals surface area contributed by atoms with E-state index < -0.39 is 0 Å². The fourth-order valence-corrected chi connectivity index (χ4v) is 4.09. The molecule has 2 aromatic carbocycles. The smallest absolute Gasteiger partial charge is 0.265 e. The van der Waals surface area contributed by atoms with Crippen LogP contribution in [0.15, 0.2) is 60.0 Å². The Morgan fingerprint density at radius 3 is 2.72 bits per heavy atom. The zero-order valence-corrected chi connectivity index (χ0v) is 18.5. The van der Waals surface area contributed by atoms with E-state index in [2.05, 4.69) is 5.32 Å². The lowest BCUT2D eigenvalue weighted by Gasteiger charge is -2.30. The van der Waals surface area contributed by atoms with Crippen molar-refractivity contribution in [1.82, 2.24) is 0 Å². The van der Waals surface area contributed by atoms with Gasteiger partial charge in [0, 0.05) is 17.1 Å². The number of nitrogens with one attached hydrogen (secondary N) is 1. The van der Waals surface area contributed by atoms with Gasteiger partial charge in [0.15, 0.2) is 6.61 Å². The van der Waals surface area contributed by atoms with Crippen molar-refractivity contribution < 1.29 is 23.8 Å². The summed E-state index contributed by atoms with van der Waals surface area (Å²) in [7, 11) is 1.62. The number of nitrogens with zero attached hydrogens (tertiary/aromatic N) is 1. The van der Waals surface area contributed by atoms with Crippen molar-refractivity contribution >= 4 is 34.5 Å². The minimum absolute atomic E-state index is 0.00355. The maximum absolute atomic E-state index is 12.5. The van der Waals surface area contributed by atoms with Crippen molar-refractivity contribution in [2.75, 3.05) is 37.1 Å². The number of hydrogen-bond donors (Lipinski definition) is 1. The molecule has 2 amide bonds. The lowest BCUT2D eigenvalue weighted by Crippen LogP contribution is -2.39. The van der Waals surface area contributed by atoms with Gasteiger partial charge in [0.25, 0.3) is 5.91 Å². The van der Waals surface area contributed by atoms with E-state index in [1.165, 1.54) is 0 Å². The SMILES string of the molecule is COc1ccc(OCCCN2C(=O)COc3ccc(NC(=O)Cc4cccs4)cc32)cc1. The molecule has 166 valence electrons. The number of anilines is 2. The van der Waals surface area contributed by atoms with Gasteiger partial charge in [-0.1, -0.05) is 6.07 Å². The van der Waals surface area contributed by atoms with Crippen LogP contribution in [-0.2, 0) is 16.0 Å². The van der Waals surface area contributed by atoms with Gasteiger partial charge in [-0.15, -0.1) is 11.3 Å². The van der Waals surface area contributed by atoms with E-state index in [0.29, 0.717) is 43.1 Å². The number of thiophene rings is 1. The van der Waals surface area contributed by atoms with Crippen molar-refractivity contribution in [3.8, 4) is 17.2 Å². The third kappa shape index (κ3) is 5.39. The molecule has 2 heterocycles. The number of carbonyl (C=O) groups is 2. The molecule has 0 saturated carbocycles. The Hall–Kier alpha value is -3.52. The number of amides is 2. The molecule has 8 heteroatoms. The van der Waals surface area contributed by atoms with Gasteiger partial charge in [0.05, 0.1) is 25.8 Å². The van der Waals surface area contributed by atoms with E-state index in [4.69, 9.17) is 14.2 Å². The topological polar surface area (TPSA) is 77.1 Å². The van der Waals surface area contributed by atoms with Crippen LogP contribution >= 0.6 is 11.3 Å². The van der Waals surface area contributed by atoms with E-state index in [-0.39, 0.29) is 18.4 Å². The molecule has 0 bridgehead atoms. The Morgan fingerprint density at radius 1 is 1.16 bits per heavy atom. The van der Waals surface area contributed by atoms with Crippen molar-refractivity contribution in [1.29, 1.82) is 0 Å². The zero-order valence-electron chi connectivity index (χ0n) is 17.7. The number of ether oxygens (including phenoxy) is 3. The Kier molecular flexibility index (Phi) is 6.91. The Labute approximate surface area is 190 Å². The summed E-state index contributed by atoms with van der Waals surface area (Å²) in [5.74, 6) is 1.91. The predicted octanol–water partition coefficient (Wildman–Crippen LogP) is 4.13. The molecule has 1 aliphatic rings. The molecule has 0 unspecified atom stereocenters. The number of carbonyl (C=O) groups excluding carboxylic acids is 2. The summed E-state index contributed by atoms with van der Waals surface area (Å²) in [5, 5.41) is 4.85. The Balaban J connectivity index is 1.36. The van der Waals surface area contributed by atoms with Crippen LogP contribution < -0.4 is 24.4 Å². The lowest BCUT2D eigenvalue weighted by atomic mass is 10.2. The first-order valence-electron chi connectivity index (χ1n) is 10.3. The number of methoxy groups -OCH3 is 1. The van der Waals surface area contributed by atoms with Crippen LogP contribution in [0.3, 0.4) is 0 Å². The second kappa shape index (κ2) is 10.2. The van der Waals surface area contributed by atoms with Crippen LogP contribution in [0.5, 0.6) is 17.2 Å². The Morgan fingerprint density at radius 2 is 1.97 bits per heavy atom. The van der Waals surface area contributed by atoms with Crippen LogP contribution in [0.2, 0.25) is 0 Å². The van der Waals surface area contributed by atoms with Gasteiger partial charge in [0.1, 0.15) is 17.2 Å². The summed E-state index contributed by atoms with van der Waals surface area (Å²) < 4.78 is 16.5. The van der Waals surface area contributed by atoms with Gasteiger partial charge in [-0.3, -0.25) is 9.59 Å². The highest BCUT2D eigenvalue weighted by molar-refractivity contribution is 7.10. The monoisotopic (exact) mass is 452 g/mol. The van der Waals surface area contributed by atoms with E-state index >= 15 is 0 Å².